The van der Waals surface area contributed by atoms with Gasteiger partial charge in [-0.25, -0.2) is 4.79 Å². The Morgan fingerprint density at radius 2 is 1.95 bits per heavy atom. The number of hydrogen-bond donors (Lipinski definition) is 0. The zero-order valence-corrected chi connectivity index (χ0v) is 15.7. The zero-order chi connectivity index (χ0) is 14.5. The van der Waals surface area contributed by atoms with Crippen molar-refractivity contribution >= 4 is 13.1 Å². The number of ether oxygens (including phenoxy) is 1. The van der Waals surface area contributed by atoms with Gasteiger partial charge in [-0.1, -0.05) is 18.8 Å². The first-order chi connectivity index (χ1) is 8.55. The van der Waals surface area contributed by atoms with E-state index in [2.05, 4.69) is 0 Å². The van der Waals surface area contributed by atoms with Gasteiger partial charge in [0.1, 0.15) is 5.60 Å². The van der Waals surface area contributed by atoms with Gasteiger partial charge in [-0.3, -0.25) is 0 Å². The molecule has 20 heavy (non-hydrogen) atoms. The summed E-state index contributed by atoms with van der Waals surface area (Å²) in [6, 6.07) is 0. The number of carbonyl (C=O) groups is 1. The number of amides is 1. The summed E-state index contributed by atoms with van der Waals surface area (Å²) in [5.41, 5.74) is -0.678. The summed E-state index contributed by atoms with van der Waals surface area (Å²) in [4.78, 5) is 13.2. The largest absolute Gasteiger partial charge is 1.00 e. The van der Waals surface area contributed by atoms with Crippen molar-refractivity contribution in [3.8, 4) is 0 Å². The third-order valence-electron chi connectivity index (χ3n) is 4.05. The fourth-order valence-corrected chi connectivity index (χ4v) is 2.93. The quantitative estimate of drug-likeness (QED) is 0.664. The van der Waals surface area contributed by atoms with Crippen molar-refractivity contribution < 1.29 is 73.9 Å². The normalized spacial score (nSPS) is 29.9. The first-order valence-corrected chi connectivity index (χ1v) is 6.72. The van der Waals surface area contributed by atoms with Crippen LogP contribution in [-0.4, -0.2) is 36.7 Å². The molecule has 1 saturated carbocycles. The number of nitrogens with zero attached hydrogens (tertiary/aromatic N) is 1. The summed E-state index contributed by atoms with van der Waals surface area (Å²) in [7, 11) is 0. The fraction of sp³-hybridized carbons (Fsp3) is 0.917. The van der Waals surface area contributed by atoms with Gasteiger partial charge in [0.2, 0.25) is 0 Å². The molecule has 3 nitrogen and oxygen atoms in total. The molecule has 1 heterocycles. The van der Waals surface area contributed by atoms with E-state index < -0.39 is 24.0 Å². The van der Waals surface area contributed by atoms with E-state index in [4.69, 9.17) is 4.74 Å². The van der Waals surface area contributed by atoms with Crippen LogP contribution in [0.3, 0.4) is 0 Å². The summed E-state index contributed by atoms with van der Waals surface area (Å²) >= 11 is 0. The molecular weight excluding hydrogens is 297 g/mol. The van der Waals surface area contributed by atoms with Crippen LogP contribution >= 0.6 is 0 Å². The second kappa shape index (κ2) is 6.10. The molecule has 0 unspecified atom stereocenters. The van der Waals surface area contributed by atoms with Crippen molar-refractivity contribution in [3.05, 3.63) is 0 Å². The van der Waals surface area contributed by atoms with Crippen molar-refractivity contribution in [2.45, 2.75) is 50.9 Å². The van der Waals surface area contributed by atoms with Crippen LogP contribution in [0, 0.1) is 5.92 Å². The van der Waals surface area contributed by atoms with E-state index in [0.717, 1.165) is 0 Å². The van der Waals surface area contributed by atoms with Crippen LogP contribution in [0.5, 0.6) is 0 Å². The van der Waals surface area contributed by atoms with Gasteiger partial charge in [-0.2, -0.15) is 0 Å². The Morgan fingerprint density at radius 3 is 2.45 bits per heavy atom. The van der Waals surface area contributed by atoms with Gasteiger partial charge >= 0.3 is 64.5 Å². The van der Waals surface area contributed by atoms with Crippen LogP contribution in [0.2, 0.25) is 5.31 Å². The fourth-order valence-electron chi connectivity index (χ4n) is 2.93. The van der Waals surface area contributed by atoms with Crippen LogP contribution in [0.1, 0.15) is 40.0 Å². The molecule has 8 heteroatoms. The first kappa shape index (κ1) is 18.8. The predicted octanol–water partition coefficient (Wildman–Crippen LogP) is 0.629. The second-order valence-electron chi connectivity index (χ2n) is 6.75. The number of rotatable bonds is 1. The van der Waals surface area contributed by atoms with Crippen LogP contribution in [0.15, 0.2) is 0 Å². The molecule has 0 bridgehead atoms. The van der Waals surface area contributed by atoms with Gasteiger partial charge in [0, 0.05) is 13.1 Å². The van der Waals surface area contributed by atoms with Crippen molar-refractivity contribution in [1.82, 2.24) is 4.90 Å². The number of fused-ring (bicyclic) bond motifs is 1. The van der Waals surface area contributed by atoms with Gasteiger partial charge in [0.05, 0.1) is 0 Å². The average Bonchev–Trinajstić information content (AvgIpc) is 2.85. The Morgan fingerprint density at radius 1 is 1.35 bits per heavy atom. The van der Waals surface area contributed by atoms with E-state index in [-0.39, 0.29) is 70.3 Å². The molecule has 1 aliphatic carbocycles. The molecule has 2 aliphatic rings. The molecule has 0 spiro atoms. The summed E-state index contributed by atoms with van der Waals surface area (Å²) in [6.45, 7) is 0.368. The molecule has 1 saturated heterocycles. The molecule has 2 rings (SSSR count). The number of hydrogen-bond acceptors (Lipinski definition) is 2. The van der Waals surface area contributed by atoms with Gasteiger partial charge in [0.15, 0.2) is 0 Å². The SMILES string of the molecule is CC(C)(C)OC(=O)N1CCC[C@@H]2C[C@]2([B-](F)(F)F)C1.[K+]. The Balaban J connectivity index is 0.00000200. The summed E-state index contributed by atoms with van der Waals surface area (Å²) in [5, 5.41) is -1.62. The maximum Gasteiger partial charge on any atom is 1.00 e. The van der Waals surface area contributed by atoms with Crippen molar-refractivity contribution in [2.75, 3.05) is 13.1 Å². The minimum absolute atomic E-state index is 0. The van der Waals surface area contributed by atoms with E-state index in [1.165, 1.54) is 4.90 Å². The van der Waals surface area contributed by atoms with Crippen LogP contribution in [0.4, 0.5) is 17.7 Å². The standard InChI is InChI=1S/C12H20BF3NO2.K/c1-11(2,3)19-10(18)17-6-4-5-9-7-12(9,8-17)13(14,15)16;/h9H,4-8H2,1-3H3;/q-1;+1/t9-,12+;/m1./s1. The Kier molecular flexibility index (Phi) is 5.74. The van der Waals surface area contributed by atoms with Crippen molar-refractivity contribution in [1.29, 1.82) is 0 Å². The Bertz CT molecular complexity index is 386. The maximum atomic E-state index is 13.2. The van der Waals surface area contributed by atoms with E-state index in [0.29, 0.717) is 19.4 Å². The minimum atomic E-state index is -4.91. The maximum absolute atomic E-state index is 13.2. The molecule has 2 fully saturated rings. The summed E-state index contributed by atoms with van der Waals surface area (Å²) in [6.07, 6.45) is 0.730. The zero-order valence-electron chi connectivity index (χ0n) is 12.6. The third-order valence-corrected chi connectivity index (χ3v) is 4.05. The molecule has 1 amide bonds. The second-order valence-corrected chi connectivity index (χ2v) is 6.75. The predicted molar refractivity (Wildman–Crippen MR) is 66.9 cm³/mol. The van der Waals surface area contributed by atoms with Crippen LogP contribution in [-0.2, 0) is 4.74 Å². The number of carbonyl (C=O) groups excluding carboxylic acids is 1. The molecule has 0 radical (unpaired) electrons. The first-order valence-electron chi connectivity index (χ1n) is 6.72. The van der Waals surface area contributed by atoms with Gasteiger partial charge in [-0.05, 0) is 32.5 Å². The van der Waals surface area contributed by atoms with Crippen molar-refractivity contribution in [2.24, 2.45) is 5.92 Å². The van der Waals surface area contributed by atoms with Crippen LogP contribution < -0.4 is 51.4 Å². The van der Waals surface area contributed by atoms with E-state index >= 15 is 0 Å². The van der Waals surface area contributed by atoms with Gasteiger partial charge < -0.3 is 22.6 Å². The van der Waals surface area contributed by atoms with Crippen LogP contribution in [0.25, 0.3) is 0 Å². The third kappa shape index (κ3) is 3.94. The molecule has 110 valence electrons. The molecule has 0 N–H and O–H groups in total. The molecule has 0 aromatic rings. The molecular formula is C12H20BF3KNO2. The van der Waals surface area contributed by atoms with E-state index in [1.54, 1.807) is 20.8 Å². The van der Waals surface area contributed by atoms with E-state index in [9.17, 15) is 17.7 Å². The Hall–Kier alpha value is 0.761. The van der Waals surface area contributed by atoms with E-state index in [1.807, 2.05) is 0 Å². The Labute approximate surface area is 160 Å². The average molecular weight is 317 g/mol. The minimum Gasteiger partial charge on any atom is -0.448 e. The molecule has 2 atom stereocenters. The molecule has 0 aromatic heterocycles. The monoisotopic (exact) mass is 317 g/mol. The van der Waals surface area contributed by atoms with Gasteiger partial charge in [-0.15, -0.1) is 0 Å². The molecule has 0 aromatic carbocycles. The van der Waals surface area contributed by atoms with Gasteiger partial charge in [0.25, 0.3) is 0 Å². The number of likely N-dealkylation sites (tertiary alicyclic amines) is 1. The smallest absolute Gasteiger partial charge is 0.448 e. The number of halogens is 3. The summed E-state index contributed by atoms with van der Waals surface area (Å²) < 4.78 is 44.8. The molecule has 1 aliphatic heterocycles. The van der Waals surface area contributed by atoms with Crippen molar-refractivity contribution in [3.63, 3.8) is 0 Å². The summed E-state index contributed by atoms with van der Waals surface area (Å²) in [5.74, 6) is -0.292. The topological polar surface area (TPSA) is 29.5 Å².